The van der Waals surface area contributed by atoms with Crippen LogP contribution in [0.3, 0.4) is 0 Å². The number of methoxy groups -OCH3 is 1. The van der Waals surface area contributed by atoms with Crippen LogP contribution in [-0.4, -0.2) is 59.1 Å². The van der Waals surface area contributed by atoms with E-state index in [4.69, 9.17) is 4.74 Å². The molecule has 3 N–H and O–H groups in total. The predicted molar refractivity (Wildman–Crippen MR) is 164 cm³/mol. The third-order valence-electron chi connectivity index (χ3n) is 8.35. The van der Waals surface area contributed by atoms with Gasteiger partial charge in [0.1, 0.15) is 5.75 Å². The van der Waals surface area contributed by atoms with Crippen LogP contribution in [0.1, 0.15) is 47.7 Å². The molecule has 0 spiro atoms. The van der Waals surface area contributed by atoms with Gasteiger partial charge in [-0.25, -0.2) is 0 Å². The molecule has 3 amide bonds. The van der Waals surface area contributed by atoms with Crippen molar-refractivity contribution in [3.05, 3.63) is 102 Å². The highest BCUT2D eigenvalue weighted by atomic mass is 16.5. The van der Waals surface area contributed by atoms with Gasteiger partial charge < -0.3 is 30.1 Å². The first-order valence-corrected chi connectivity index (χ1v) is 14.5. The van der Waals surface area contributed by atoms with Crippen molar-refractivity contribution in [2.24, 2.45) is 5.92 Å². The zero-order valence-corrected chi connectivity index (χ0v) is 24.4. The lowest BCUT2D eigenvalue weighted by molar-refractivity contribution is -0.139. The highest BCUT2D eigenvalue weighted by molar-refractivity contribution is 6.09. The van der Waals surface area contributed by atoms with Crippen LogP contribution in [0.2, 0.25) is 0 Å². The standard InChI is InChI=1S/C34H37N3O6/c1-23(8-6-12-31(39)36-19-7-11-27(36)22-38)34(42)29-20-26(35-32(40)25-13-16-28(43-2)17-14-25)15-18-30(29)37(33(34)41)21-24-9-4-3-5-10-24/h3-6,8-10,13-18,20,23,27,38,42H,7,11-12,19,21-22H2,1-2H3,(H,35,40)/b8-6+/t23-,27-,34+/m0/s1. The molecule has 3 atom stereocenters. The third kappa shape index (κ3) is 6.04. The number of amides is 3. The fourth-order valence-corrected chi connectivity index (χ4v) is 5.88. The Morgan fingerprint density at radius 2 is 1.86 bits per heavy atom. The van der Waals surface area contributed by atoms with Gasteiger partial charge in [-0.2, -0.15) is 0 Å². The zero-order valence-electron chi connectivity index (χ0n) is 24.4. The number of nitrogens with one attached hydrogen (secondary N) is 1. The normalized spacial score (nSPS) is 20.4. The molecule has 1 fully saturated rings. The summed E-state index contributed by atoms with van der Waals surface area (Å²) < 4.78 is 5.17. The van der Waals surface area contributed by atoms with E-state index >= 15 is 0 Å². The summed E-state index contributed by atoms with van der Waals surface area (Å²) in [5.74, 6) is -0.973. The number of carbonyl (C=O) groups excluding carboxylic acids is 3. The van der Waals surface area contributed by atoms with Gasteiger partial charge >= 0.3 is 0 Å². The lowest BCUT2D eigenvalue weighted by atomic mass is 9.82. The fraction of sp³-hybridized carbons (Fsp3) is 0.324. The molecular weight excluding hydrogens is 546 g/mol. The molecule has 2 aliphatic rings. The monoisotopic (exact) mass is 583 g/mol. The van der Waals surface area contributed by atoms with Crippen LogP contribution in [0.25, 0.3) is 0 Å². The van der Waals surface area contributed by atoms with Crippen LogP contribution in [-0.2, 0) is 21.7 Å². The number of ether oxygens (including phenoxy) is 1. The Balaban J connectivity index is 1.41. The molecule has 3 aromatic carbocycles. The Morgan fingerprint density at radius 3 is 2.56 bits per heavy atom. The van der Waals surface area contributed by atoms with Crippen molar-refractivity contribution < 1.29 is 29.3 Å². The van der Waals surface area contributed by atoms with E-state index in [0.717, 1.165) is 18.4 Å². The first kappa shape index (κ1) is 30.0. The quantitative estimate of drug-likeness (QED) is 0.307. The van der Waals surface area contributed by atoms with Gasteiger partial charge in [-0.3, -0.25) is 14.4 Å². The summed E-state index contributed by atoms with van der Waals surface area (Å²) in [4.78, 5) is 43.0. The van der Waals surface area contributed by atoms with Gasteiger partial charge in [-0.15, -0.1) is 0 Å². The summed E-state index contributed by atoms with van der Waals surface area (Å²) >= 11 is 0. The molecule has 1 saturated heterocycles. The van der Waals surface area contributed by atoms with Crippen molar-refractivity contribution in [1.29, 1.82) is 0 Å². The summed E-state index contributed by atoms with van der Waals surface area (Å²) in [5, 5.41) is 24.6. The van der Waals surface area contributed by atoms with E-state index in [1.807, 2.05) is 30.3 Å². The largest absolute Gasteiger partial charge is 0.497 e. The van der Waals surface area contributed by atoms with Gasteiger partial charge in [0.2, 0.25) is 5.91 Å². The number of fused-ring (bicyclic) bond motifs is 1. The van der Waals surface area contributed by atoms with E-state index in [1.165, 1.54) is 0 Å². The molecular formula is C34H37N3O6. The predicted octanol–water partition coefficient (Wildman–Crippen LogP) is 4.25. The number of benzene rings is 3. The van der Waals surface area contributed by atoms with Crippen molar-refractivity contribution in [1.82, 2.24) is 4.90 Å². The van der Waals surface area contributed by atoms with E-state index in [1.54, 1.807) is 78.4 Å². The number of aliphatic hydroxyl groups is 2. The van der Waals surface area contributed by atoms with Crippen LogP contribution in [0, 0.1) is 5.92 Å². The van der Waals surface area contributed by atoms with Crippen LogP contribution in [0.4, 0.5) is 11.4 Å². The maximum atomic E-state index is 14.0. The lowest BCUT2D eigenvalue weighted by Gasteiger charge is -2.28. The van der Waals surface area contributed by atoms with Gasteiger partial charge in [0.25, 0.3) is 11.8 Å². The number of carbonyl (C=O) groups is 3. The Hall–Kier alpha value is -4.47. The van der Waals surface area contributed by atoms with Crippen LogP contribution < -0.4 is 15.0 Å². The van der Waals surface area contributed by atoms with E-state index in [2.05, 4.69) is 5.32 Å². The van der Waals surface area contributed by atoms with E-state index in [9.17, 15) is 24.6 Å². The summed E-state index contributed by atoms with van der Waals surface area (Å²) in [5.41, 5.74) is 0.776. The number of anilines is 2. The Labute approximate surface area is 251 Å². The maximum Gasteiger partial charge on any atom is 0.264 e. The van der Waals surface area contributed by atoms with Crippen molar-refractivity contribution in [3.8, 4) is 5.75 Å². The molecule has 0 saturated carbocycles. The molecule has 9 heteroatoms. The highest BCUT2D eigenvalue weighted by Crippen LogP contribution is 2.47. The average Bonchev–Trinajstić information content (AvgIpc) is 3.59. The third-order valence-corrected chi connectivity index (χ3v) is 8.35. The van der Waals surface area contributed by atoms with Gasteiger partial charge in [0, 0.05) is 35.7 Å². The second-order valence-electron chi connectivity index (χ2n) is 11.0. The number of likely N-dealkylation sites (tertiary alicyclic amines) is 1. The summed E-state index contributed by atoms with van der Waals surface area (Å²) in [6, 6.07) is 21.2. The molecule has 43 heavy (non-hydrogen) atoms. The topological polar surface area (TPSA) is 119 Å². The molecule has 224 valence electrons. The number of hydrogen-bond acceptors (Lipinski definition) is 6. The van der Waals surface area contributed by atoms with Crippen LogP contribution in [0.5, 0.6) is 5.75 Å². The Kier molecular flexibility index (Phi) is 8.94. The van der Waals surface area contributed by atoms with Gasteiger partial charge in [0.05, 0.1) is 32.0 Å². The highest BCUT2D eigenvalue weighted by Gasteiger charge is 2.52. The minimum absolute atomic E-state index is 0.0640. The van der Waals surface area contributed by atoms with Crippen LogP contribution in [0.15, 0.2) is 84.9 Å². The van der Waals surface area contributed by atoms with Gasteiger partial charge in [0.15, 0.2) is 5.60 Å². The number of aliphatic hydroxyl groups excluding tert-OH is 1. The minimum atomic E-state index is -1.92. The molecule has 3 aromatic rings. The molecule has 0 aromatic heterocycles. The average molecular weight is 584 g/mol. The lowest BCUT2D eigenvalue weighted by Crippen LogP contribution is -2.44. The van der Waals surface area contributed by atoms with Gasteiger partial charge in [-0.05, 0) is 60.9 Å². The molecule has 0 bridgehead atoms. The van der Waals surface area contributed by atoms with Crippen LogP contribution >= 0.6 is 0 Å². The van der Waals surface area contributed by atoms with E-state index in [-0.39, 0.29) is 37.4 Å². The van der Waals surface area contributed by atoms with Crippen molar-refractivity contribution in [2.75, 3.05) is 30.5 Å². The molecule has 0 unspecified atom stereocenters. The summed E-state index contributed by atoms with van der Waals surface area (Å²) in [7, 11) is 1.55. The first-order valence-electron chi connectivity index (χ1n) is 14.5. The zero-order chi connectivity index (χ0) is 30.6. The number of rotatable bonds is 10. The summed E-state index contributed by atoms with van der Waals surface area (Å²) in [6.45, 7) is 2.55. The molecule has 2 aliphatic heterocycles. The van der Waals surface area contributed by atoms with Crippen molar-refractivity contribution in [2.45, 2.75) is 44.4 Å². The molecule has 0 radical (unpaired) electrons. The van der Waals surface area contributed by atoms with E-state index < -0.39 is 17.4 Å². The second-order valence-corrected chi connectivity index (χ2v) is 11.0. The Bertz CT molecular complexity index is 1510. The molecule has 2 heterocycles. The SMILES string of the molecule is COc1ccc(C(=O)Nc2ccc3c(c2)[C@](O)([C@@H](C)/C=C/CC(=O)N2CCC[C@H]2CO)C(=O)N3Cc2ccccc2)cc1. The number of hydrogen-bond donors (Lipinski definition) is 3. The number of nitrogens with zero attached hydrogens (tertiary/aromatic N) is 2. The van der Waals surface area contributed by atoms with Crippen molar-refractivity contribution in [3.63, 3.8) is 0 Å². The van der Waals surface area contributed by atoms with E-state index in [0.29, 0.717) is 34.8 Å². The first-order chi connectivity index (χ1) is 20.8. The minimum Gasteiger partial charge on any atom is -0.497 e. The smallest absolute Gasteiger partial charge is 0.264 e. The Morgan fingerprint density at radius 1 is 1.12 bits per heavy atom. The fourth-order valence-electron chi connectivity index (χ4n) is 5.88. The summed E-state index contributed by atoms with van der Waals surface area (Å²) in [6.07, 6.45) is 5.11. The maximum absolute atomic E-state index is 14.0. The molecule has 9 nitrogen and oxygen atoms in total. The van der Waals surface area contributed by atoms with Gasteiger partial charge in [-0.1, -0.05) is 49.4 Å². The van der Waals surface area contributed by atoms with Crippen molar-refractivity contribution >= 4 is 29.1 Å². The second kappa shape index (κ2) is 12.8. The molecule has 5 rings (SSSR count). The molecule has 0 aliphatic carbocycles.